The van der Waals surface area contributed by atoms with Gasteiger partial charge in [0.05, 0.1) is 23.4 Å². The van der Waals surface area contributed by atoms with Crippen molar-refractivity contribution in [3.8, 4) is 11.5 Å². The molecule has 192 valence electrons. The van der Waals surface area contributed by atoms with Gasteiger partial charge in [-0.25, -0.2) is 4.79 Å². The number of rotatable bonds is 8. The smallest absolute Gasteiger partial charge is 0.471 e. The van der Waals surface area contributed by atoms with Crippen molar-refractivity contribution in [2.45, 2.75) is 45.9 Å². The van der Waals surface area contributed by atoms with Crippen molar-refractivity contribution < 1.29 is 41.8 Å². The Kier molecular flexibility index (Phi) is 8.29. The molecule has 1 N–H and O–H groups in total. The highest BCUT2D eigenvalue weighted by atomic mass is 35.5. The molecule has 0 unspecified atom stereocenters. The van der Waals surface area contributed by atoms with E-state index in [0.29, 0.717) is 22.6 Å². The van der Waals surface area contributed by atoms with E-state index in [0.717, 1.165) is 5.57 Å². The average Bonchev–Trinajstić information content (AvgIpc) is 3.20. The van der Waals surface area contributed by atoms with Crippen LogP contribution in [0.1, 0.15) is 46.8 Å². The van der Waals surface area contributed by atoms with Crippen molar-refractivity contribution in [1.82, 2.24) is 0 Å². The Balaban J connectivity index is 1.85. The summed E-state index contributed by atoms with van der Waals surface area (Å²) in [5.74, 6) is -3.10. The monoisotopic (exact) mass is 525 g/mol. The highest BCUT2D eigenvalue weighted by Crippen LogP contribution is 2.42. The van der Waals surface area contributed by atoms with Crippen molar-refractivity contribution in [3.63, 3.8) is 0 Å². The Morgan fingerprint density at radius 1 is 1.22 bits per heavy atom. The summed E-state index contributed by atoms with van der Waals surface area (Å²) in [7, 11) is 1.34. The molecular weight excluding hydrogens is 503 g/mol. The average molecular weight is 526 g/mol. The first-order chi connectivity index (χ1) is 16.9. The highest BCUT2D eigenvalue weighted by Gasteiger charge is 2.41. The number of anilines is 1. The van der Waals surface area contributed by atoms with Gasteiger partial charge in [0.25, 0.3) is 0 Å². The number of carbonyl (C=O) groups excluding carboxylic acids is 3. The molecule has 3 rings (SSSR count). The summed E-state index contributed by atoms with van der Waals surface area (Å²) in [4.78, 5) is 36.3. The molecule has 2 aromatic rings. The first kappa shape index (κ1) is 27.1. The third-order valence-corrected chi connectivity index (χ3v) is 5.92. The number of methoxy groups -OCH3 is 1. The van der Waals surface area contributed by atoms with E-state index in [1.165, 1.54) is 7.11 Å². The Morgan fingerprint density at radius 3 is 2.56 bits per heavy atom. The van der Waals surface area contributed by atoms with Crippen LogP contribution in [0, 0.1) is 6.92 Å². The summed E-state index contributed by atoms with van der Waals surface area (Å²) >= 11 is 5.99. The minimum Gasteiger partial charge on any atom is -0.496 e. The number of fused-ring (bicyclic) bond motifs is 1. The minimum atomic E-state index is -5.17. The first-order valence-corrected chi connectivity index (χ1v) is 11.2. The number of halogens is 4. The summed E-state index contributed by atoms with van der Waals surface area (Å²) in [5, 5.41) is 2.12. The fraction of sp³-hybridized carbons (Fsp3) is 0.320. The van der Waals surface area contributed by atoms with Crippen molar-refractivity contribution in [1.29, 1.82) is 0 Å². The second-order valence-electron chi connectivity index (χ2n) is 8.05. The Morgan fingerprint density at radius 2 is 1.92 bits per heavy atom. The number of cyclic esters (lactones) is 1. The zero-order chi connectivity index (χ0) is 26.6. The number of carbonyl (C=O) groups is 3. The second-order valence-corrected chi connectivity index (χ2v) is 8.46. The largest absolute Gasteiger partial charge is 0.496 e. The van der Waals surface area contributed by atoms with Gasteiger partial charge in [0.1, 0.15) is 18.1 Å². The third-order valence-electron chi connectivity index (χ3n) is 5.61. The molecule has 0 saturated heterocycles. The van der Waals surface area contributed by atoms with Gasteiger partial charge in [-0.3, -0.25) is 9.59 Å². The minimum absolute atomic E-state index is 0.0173. The second kappa shape index (κ2) is 11.0. The summed E-state index contributed by atoms with van der Waals surface area (Å²) in [6.07, 6.45) is -3.16. The summed E-state index contributed by atoms with van der Waals surface area (Å²) in [6.45, 7) is 3.24. The molecule has 2 aromatic carbocycles. The quantitative estimate of drug-likeness (QED) is 0.270. The molecule has 0 bridgehead atoms. The molecule has 0 saturated carbocycles. The lowest BCUT2D eigenvalue weighted by Gasteiger charge is -2.20. The standard InChI is InChI=1S/C25H23ClF3NO6/c1-13(9-11-19(31)36-18-7-5-4-6-17(18)26)8-10-15-21(30-24(33)25(27,28)29)20-16(12-35-23(20)32)14(2)22(15)34-3/h4-8H,9-12H2,1-3H3,(H,30,33)/b13-8+. The van der Waals surface area contributed by atoms with Crippen LogP contribution >= 0.6 is 11.6 Å². The van der Waals surface area contributed by atoms with E-state index in [2.05, 4.69) is 0 Å². The number of nitrogens with one attached hydrogen (secondary N) is 1. The SMILES string of the molecule is COc1c(C)c2c(c(NC(=O)C(F)(F)F)c1C/C=C(\C)CCC(=O)Oc1ccccc1Cl)C(=O)OC2. The molecule has 0 aromatic heterocycles. The zero-order valence-corrected chi connectivity index (χ0v) is 20.4. The lowest BCUT2D eigenvalue weighted by molar-refractivity contribution is -0.167. The molecule has 1 amide bonds. The van der Waals surface area contributed by atoms with E-state index < -0.39 is 24.0 Å². The van der Waals surface area contributed by atoms with Crippen molar-refractivity contribution >= 4 is 35.1 Å². The molecule has 1 aliphatic heterocycles. The number of allylic oxidation sites excluding steroid dienone is 2. The molecule has 0 spiro atoms. The normalized spacial score (nSPS) is 13.2. The predicted octanol–water partition coefficient (Wildman–Crippen LogP) is 5.70. The fourth-order valence-electron chi connectivity index (χ4n) is 3.75. The topological polar surface area (TPSA) is 90.9 Å². The summed E-state index contributed by atoms with van der Waals surface area (Å²) < 4.78 is 54.8. The van der Waals surface area contributed by atoms with Crippen molar-refractivity contribution in [3.05, 3.63) is 63.2 Å². The Hall–Kier alpha value is -3.53. The van der Waals surface area contributed by atoms with E-state index in [4.69, 9.17) is 25.8 Å². The molecule has 0 radical (unpaired) electrons. The predicted molar refractivity (Wildman–Crippen MR) is 125 cm³/mol. The van der Waals surface area contributed by atoms with Gasteiger partial charge in [0.2, 0.25) is 0 Å². The molecule has 1 aliphatic rings. The zero-order valence-electron chi connectivity index (χ0n) is 19.7. The van der Waals surface area contributed by atoms with Crippen LogP contribution in [0.5, 0.6) is 11.5 Å². The van der Waals surface area contributed by atoms with Crippen LogP contribution in [0.15, 0.2) is 35.9 Å². The lowest BCUT2D eigenvalue weighted by atomic mass is 9.93. The van der Waals surface area contributed by atoms with Gasteiger partial charge in [-0.2, -0.15) is 13.2 Å². The van der Waals surface area contributed by atoms with E-state index in [-0.39, 0.29) is 47.8 Å². The number of para-hydroxylation sites is 1. The third kappa shape index (κ3) is 5.99. The van der Waals surface area contributed by atoms with E-state index in [9.17, 15) is 27.6 Å². The van der Waals surface area contributed by atoms with Gasteiger partial charge >= 0.3 is 24.0 Å². The maximum Gasteiger partial charge on any atom is 0.471 e. The van der Waals surface area contributed by atoms with Crippen LogP contribution < -0.4 is 14.8 Å². The van der Waals surface area contributed by atoms with Crippen LogP contribution in [0.4, 0.5) is 18.9 Å². The molecule has 0 atom stereocenters. The number of benzene rings is 2. The number of hydrogen-bond acceptors (Lipinski definition) is 6. The van der Waals surface area contributed by atoms with Gasteiger partial charge in [0, 0.05) is 17.5 Å². The molecule has 11 heteroatoms. The van der Waals surface area contributed by atoms with Gasteiger partial charge < -0.3 is 19.5 Å². The number of alkyl halides is 3. The van der Waals surface area contributed by atoms with Gasteiger partial charge in [0.15, 0.2) is 0 Å². The van der Waals surface area contributed by atoms with E-state index >= 15 is 0 Å². The lowest BCUT2D eigenvalue weighted by Crippen LogP contribution is -2.31. The van der Waals surface area contributed by atoms with Gasteiger partial charge in [-0.05, 0) is 44.4 Å². The van der Waals surface area contributed by atoms with Crippen molar-refractivity contribution in [2.75, 3.05) is 12.4 Å². The Bertz CT molecular complexity index is 1240. The van der Waals surface area contributed by atoms with Gasteiger partial charge in [-0.15, -0.1) is 0 Å². The van der Waals surface area contributed by atoms with E-state index in [1.54, 1.807) is 44.2 Å². The van der Waals surface area contributed by atoms with Crippen LogP contribution in [-0.4, -0.2) is 31.1 Å². The number of hydrogen-bond donors (Lipinski definition) is 1. The van der Waals surface area contributed by atoms with Crippen LogP contribution in [0.3, 0.4) is 0 Å². The molecule has 36 heavy (non-hydrogen) atoms. The van der Waals surface area contributed by atoms with Gasteiger partial charge in [-0.1, -0.05) is 35.4 Å². The molecule has 7 nitrogen and oxygen atoms in total. The van der Waals surface area contributed by atoms with Crippen molar-refractivity contribution in [2.24, 2.45) is 0 Å². The highest BCUT2D eigenvalue weighted by molar-refractivity contribution is 6.32. The molecular formula is C25H23ClF3NO6. The van der Waals surface area contributed by atoms with Crippen LogP contribution in [0.2, 0.25) is 5.02 Å². The first-order valence-electron chi connectivity index (χ1n) is 10.8. The maximum atomic E-state index is 13.0. The molecule has 0 aliphatic carbocycles. The maximum absolute atomic E-state index is 13.0. The number of amides is 1. The molecule has 1 heterocycles. The summed E-state index contributed by atoms with van der Waals surface area (Å²) in [6, 6.07) is 6.53. The summed E-state index contributed by atoms with van der Waals surface area (Å²) in [5.41, 5.74) is 1.34. The molecule has 0 fully saturated rings. The Labute approximate surface area is 210 Å². The van der Waals surface area contributed by atoms with Crippen LogP contribution in [-0.2, 0) is 27.4 Å². The number of esters is 2. The van der Waals surface area contributed by atoms with Crippen LogP contribution in [0.25, 0.3) is 0 Å². The fourth-order valence-corrected chi connectivity index (χ4v) is 3.93. The number of ether oxygens (including phenoxy) is 3. The van der Waals surface area contributed by atoms with E-state index in [1.807, 2.05) is 5.32 Å².